The second kappa shape index (κ2) is 4.07. The minimum Gasteiger partial charge on any atom is -0.310 e. The van der Waals surface area contributed by atoms with E-state index in [4.69, 9.17) is 5.41 Å². The third-order valence-corrected chi connectivity index (χ3v) is 4.02. The summed E-state index contributed by atoms with van der Waals surface area (Å²) < 4.78 is 0. The smallest absolute Gasteiger partial charge is 0.0445 e. The Morgan fingerprint density at radius 1 is 1.29 bits per heavy atom. The second-order valence-electron chi connectivity index (χ2n) is 3.20. The van der Waals surface area contributed by atoms with Crippen molar-refractivity contribution >= 4 is 28.4 Å². The van der Waals surface area contributed by atoms with E-state index in [9.17, 15) is 0 Å². The van der Waals surface area contributed by atoms with Crippen molar-refractivity contribution in [3.05, 3.63) is 34.5 Å². The van der Waals surface area contributed by atoms with Crippen LogP contribution in [0.5, 0.6) is 0 Å². The van der Waals surface area contributed by atoms with Gasteiger partial charge in [-0.3, -0.25) is 0 Å². The van der Waals surface area contributed by atoms with Gasteiger partial charge in [0.1, 0.15) is 0 Å². The zero-order valence-electron chi connectivity index (χ0n) is 7.91. The largest absolute Gasteiger partial charge is 0.310 e. The standard InChI is InChI=1S/C11H11NS2/c1-8(12)7-9-4-5-11(14-9)10-3-2-6-13-10/h2-6,12H,7H2,1H3. The van der Waals surface area contributed by atoms with Gasteiger partial charge in [0.05, 0.1) is 0 Å². The van der Waals surface area contributed by atoms with Crippen LogP contribution in [-0.4, -0.2) is 5.71 Å². The molecule has 0 aliphatic carbocycles. The SMILES string of the molecule is CC(=N)Cc1ccc(-c2cccs2)s1. The van der Waals surface area contributed by atoms with Crippen LogP contribution in [0.15, 0.2) is 29.6 Å². The highest BCUT2D eigenvalue weighted by molar-refractivity contribution is 7.21. The fraction of sp³-hybridized carbons (Fsp3) is 0.182. The topological polar surface area (TPSA) is 23.9 Å². The lowest BCUT2D eigenvalue weighted by Crippen LogP contribution is -1.90. The van der Waals surface area contributed by atoms with Crippen LogP contribution in [0.4, 0.5) is 0 Å². The Morgan fingerprint density at radius 2 is 2.14 bits per heavy atom. The van der Waals surface area contributed by atoms with Crippen molar-refractivity contribution in [2.75, 3.05) is 0 Å². The number of thiophene rings is 2. The molecular weight excluding hydrogens is 210 g/mol. The molecule has 14 heavy (non-hydrogen) atoms. The third-order valence-electron chi connectivity index (χ3n) is 1.87. The highest BCUT2D eigenvalue weighted by atomic mass is 32.1. The van der Waals surface area contributed by atoms with Crippen LogP contribution < -0.4 is 0 Å². The Bertz CT molecular complexity index is 426. The minimum absolute atomic E-state index is 0.726. The van der Waals surface area contributed by atoms with Crippen molar-refractivity contribution in [1.29, 1.82) is 5.41 Å². The highest BCUT2D eigenvalue weighted by Crippen LogP contribution is 2.31. The molecule has 0 unspecified atom stereocenters. The van der Waals surface area contributed by atoms with Crippen molar-refractivity contribution in [1.82, 2.24) is 0 Å². The maximum Gasteiger partial charge on any atom is 0.0445 e. The molecule has 2 rings (SSSR count). The fourth-order valence-corrected chi connectivity index (χ4v) is 3.21. The van der Waals surface area contributed by atoms with Gasteiger partial charge in [-0.2, -0.15) is 0 Å². The lowest BCUT2D eigenvalue weighted by Gasteiger charge is -1.92. The quantitative estimate of drug-likeness (QED) is 0.756. The predicted molar refractivity (Wildman–Crippen MR) is 64.7 cm³/mol. The van der Waals surface area contributed by atoms with Crippen LogP contribution in [0, 0.1) is 5.41 Å². The van der Waals surface area contributed by atoms with E-state index in [1.165, 1.54) is 14.6 Å². The van der Waals surface area contributed by atoms with E-state index in [0.29, 0.717) is 0 Å². The first-order valence-corrected chi connectivity index (χ1v) is 6.12. The molecule has 2 aromatic rings. The molecule has 2 aromatic heterocycles. The molecule has 0 spiro atoms. The molecule has 0 saturated carbocycles. The van der Waals surface area contributed by atoms with Gasteiger partial charge in [-0.15, -0.1) is 22.7 Å². The fourth-order valence-electron chi connectivity index (χ4n) is 1.29. The molecule has 0 atom stereocenters. The number of rotatable bonds is 3. The summed E-state index contributed by atoms with van der Waals surface area (Å²) in [6, 6.07) is 8.48. The number of nitrogens with one attached hydrogen (secondary N) is 1. The van der Waals surface area contributed by atoms with E-state index in [0.717, 1.165) is 12.1 Å². The lowest BCUT2D eigenvalue weighted by atomic mass is 10.2. The molecule has 0 bridgehead atoms. The van der Waals surface area contributed by atoms with E-state index in [2.05, 4.69) is 29.6 Å². The molecule has 0 aromatic carbocycles. The van der Waals surface area contributed by atoms with Crippen molar-refractivity contribution < 1.29 is 0 Å². The summed E-state index contributed by atoms with van der Waals surface area (Å²) >= 11 is 3.55. The van der Waals surface area contributed by atoms with Gasteiger partial charge in [0.2, 0.25) is 0 Å². The molecule has 3 heteroatoms. The lowest BCUT2D eigenvalue weighted by molar-refractivity contribution is 1.31. The molecule has 1 N–H and O–H groups in total. The van der Waals surface area contributed by atoms with Gasteiger partial charge >= 0.3 is 0 Å². The first-order valence-electron chi connectivity index (χ1n) is 4.42. The molecule has 0 fully saturated rings. The summed E-state index contributed by atoms with van der Waals surface area (Å²) in [5, 5.41) is 9.52. The molecule has 0 amide bonds. The Kier molecular flexibility index (Phi) is 2.79. The average Bonchev–Trinajstić information content (AvgIpc) is 2.69. The monoisotopic (exact) mass is 221 g/mol. The van der Waals surface area contributed by atoms with Gasteiger partial charge in [0.15, 0.2) is 0 Å². The van der Waals surface area contributed by atoms with Crippen LogP contribution >= 0.6 is 22.7 Å². The molecule has 0 aliphatic rings. The van der Waals surface area contributed by atoms with Gasteiger partial charge in [0.25, 0.3) is 0 Å². The van der Waals surface area contributed by atoms with Crippen molar-refractivity contribution in [3.63, 3.8) is 0 Å². The van der Waals surface area contributed by atoms with E-state index in [1.807, 2.05) is 6.92 Å². The zero-order valence-corrected chi connectivity index (χ0v) is 9.54. The molecule has 72 valence electrons. The normalized spacial score (nSPS) is 10.4. The van der Waals surface area contributed by atoms with Gasteiger partial charge in [-0.1, -0.05) is 6.07 Å². The Balaban J connectivity index is 2.22. The van der Waals surface area contributed by atoms with Gasteiger partial charge in [-0.25, -0.2) is 0 Å². The van der Waals surface area contributed by atoms with E-state index in [-0.39, 0.29) is 0 Å². The Morgan fingerprint density at radius 3 is 2.79 bits per heavy atom. The average molecular weight is 221 g/mol. The summed E-state index contributed by atoms with van der Waals surface area (Å²) in [5.74, 6) is 0. The first-order chi connectivity index (χ1) is 6.75. The Labute approximate surface area is 91.5 Å². The maximum atomic E-state index is 7.42. The van der Waals surface area contributed by atoms with Crippen molar-refractivity contribution in [2.45, 2.75) is 13.3 Å². The van der Waals surface area contributed by atoms with E-state index < -0.39 is 0 Å². The zero-order chi connectivity index (χ0) is 9.97. The molecule has 1 nitrogen and oxygen atoms in total. The predicted octanol–water partition coefficient (Wildman–Crippen LogP) is 4.06. The van der Waals surface area contributed by atoms with Gasteiger partial charge in [0, 0.05) is 26.8 Å². The summed E-state index contributed by atoms with van der Waals surface area (Å²) in [5.41, 5.74) is 0.726. The minimum atomic E-state index is 0.726. The number of hydrogen-bond donors (Lipinski definition) is 1. The van der Waals surface area contributed by atoms with Crippen molar-refractivity contribution in [2.24, 2.45) is 0 Å². The first kappa shape index (κ1) is 9.62. The number of hydrogen-bond acceptors (Lipinski definition) is 3. The highest BCUT2D eigenvalue weighted by Gasteiger charge is 2.03. The van der Waals surface area contributed by atoms with Gasteiger partial charge in [-0.05, 0) is 30.5 Å². The van der Waals surface area contributed by atoms with Crippen LogP contribution in [-0.2, 0) is 6.42 Å². The van der Waals surface area contributed by atoms with Crippen LogP contribution in [0.3, 0.4) is 0 Å². The van der Waals surface area contributed by atoms with Crippen LogP contribution in [0.2, 0.25) is 0 Å². The summed E-state index contributed by atoms with van der Waals surface area (Å²) in [7, 11) is 0. The molecule has 0 aliphatic heterocycles. The Hall–Kier alpha value is -0.930. The van der Waals surface area contributed by atoms with Crippen molar-refractivity contribution in [3.8, 4) is 9.75 Å². The van der Waals surface area contributed by atoms with E-state index >= 15 is 0 Å². The molecule has 0 saturated heterocycles. The second-order valence-corrected chi connectivity index (χ2v) is 5.32. The molecular formula is C11H11NS2. The van der Waals surface area contributed by atoms with Gasteiger partial charge < -0.3 is 5.41 Å². The summed E-state index contributed by atoms with van der Waals surface area (Å²) in [6.45, 7) is 1.85. The molecule has 0 radical (unpaired) electrons. The van der Waals surface area contributed by atoms with E-state index in [1.54, 1.807) is 22.7 Å². The molecule has 2 heterocycles. The summed E-state index contributed by atoms with van der Waals surface area (Å²) in [4.78, 5) is 3.92. The van der Waals surface area contributed by atoms with Crippen LogP contribution in [0.1, 0.15) is 11.8 Å². The maximum absolute atomic E-state index is 7.42. The summed E-state index contributed by atoms with van der Waals surface area (Å²) in [6.07, 6.45) is 0.788. The third kappa shape index (κ3) is 2.11. The van der Waals surface area contributed by atoms with Crippen LogP contribution in [0.25, 0.3) is 9.75 Å².